The van der Waals surface area contributed by atoms with Crippen molar-refractivity contribution in [3.05, 3.63) is 72.1 Å². The Morgan fingerprint density at radius 3 is 2.59 bits per heavy atom. The van der Waals surface area contributed by atoms with Crippen molar-refractivity contribution in [2.24, 2.45) is 0 Å². The lowest BCUT2D eigenvalue weighted by Crippen LogP contribution is -2.13. The Kier molecular flexibility index (Phi) is 5.41. The first kappa shape index (κ1) is 18.1. The molecule has 27 heavy (non-hydrogen) atoms. The number of aromatic nitrogens is 2. The lowest BCUT2D eigenvalue weighted by atomic mass is 10.1. The number of carbonyl (C=O) groups is 2. The summed E-state index contributed by atoms with van der Waals surface area (Å²) in [5.74, 6) is -0.467. The molecule has 2 N–H and O–H groups in total. The first-order valence-corrected chi connectivity index (χ1v) is 8.17. The molecule has 1 amide bonds. The monoisotopic (exact) mass is 363 g/mol. The summed E-state index contributed by atoms with van der Waals surface area (Å²) in [4.78, 5) is 31.6. The Labute approximate surface area is 155 Å². The summed E-state index contributed by atoms with van der Waals surface area (Å²) in [6, 6.07) is 15.4. The zero-order valence-corrected chi connectivity index (χ0v) is 14.5. The van der Waals surface area contributed by atoms with Crippen molar-refractivity contribution in [1.82, 2.24) is 9.97 Å². The Bertz CT molecular complexity index is 971. The summed E-state index contributed by atoms with van der Waals surface area (Å²) < 4.78 is 5.09. The number of hydrogen-bond acceptors (Lipinski definition) is 5. The maximum absolute atomic E-state index is 12.4. The minimum atomic E-state index is -1.08. The molecule has 0 saturated carbocycles. The number of carboxylic acid groups (broad SMARTS) is 1. The van der Waals surface area contributed by atoms with Crippen molar-refractivity contribution in [2.75, 3.05) is 11.9 Å². The first-order chi connectivity index (χ1) is 13.0. The van der Waals surface area contributed by atoms with Gasteiger partial charge in [0.25, 0.3) is 5.91 Å². The molecular weight excluding hydrogens is 346 g/mol. The van der Waals surface area contributed by atoms with E-state index in [4.69, 9.17) is 9.84 Å². The molecule has 0 saturated heterocycles. The molecule has 0 radical (unpaired) electrons. The Hall–Kier alpha value is -3.74. The molecule has 1 aromatic heterocycles. The molecule has 0 bridgehead atoms. The number of benzene rings is 2. The number of nitrogens with zero attached hydrogens (tertiary/aromatic N) is 2. The molecule has 7 nitrogen and oxygen atoms in total. The lowest BCUT2D eigenvalue weighted by Gasteiger charge is -2.08. The predicted octanol–water partition coefficient (Wildman–Crippen LogP) is 3.17. The van der Waals surface area contributed by atoms with E-state index in [-0.39, 0.29) is 5.91 Å². The van der Waals surface area contributed by atoms with Crippen LogP contribution in [0.5, 0.6) is 5.75 Å². The third-order valence-electron chi connectivity index (χ3n) is 3.65. The molecule has 3 aromatic rings. The van der Waals surface area contributed by atoms with E-state index in [1.165, 1.54) is 6.07 Å². The van der Waals surface area contributed by atoms with Gasteiger partial charge in [-0.05, 0) is 55.5 Å². The second kappa shape index (κ2) is 8.09. The van der Waals surface area contributed by atoms with Crippen molar-refractivity contribution < 1.29 is 19.4 Å². The summed E-state index contributed by atoms with van der Waals surface area (Å²) >= 11 is 0. The van der Waals surface area contributed by atoms with Crippen LogP contribution in [0.1, 0.15) is 16.1 Å². The second-order valence-corrected chi connectivity index (χ2v) is 5.76. The maximum Gasteiger partial charge on any atom is 0.341 e. The van der Waals surface area contributed by atoms with E-state index in [2.05, 4.69) is 15.3 Å². The van der Waals surface area contributed by atoms with Crippen molar-refractivity contribution in [3.8, 4) is 17.1 Å². The molecule has 0 spiro atoms. The van der Waals surface area contributed by atoms with Crippen LogP contribution in [-0.2, 0) is 4.79 Å². The Balaban J connectivity index is 1.69. The first-order valence-electron chi connectivity index (χ1n) is 8.17. The lowest BCUT2D eigenvalue weighted by molar-refractivity contribution is -0.139. The molecule has 0 atom stereocenters. The number of nitrogens with one attached hydrogen (secondary N) is 1. The van der Waals surface area contributed by atoms with Crippen LogP contribution in [0.15, 0.2) is 60.8 Å². The third-order valence-corrected chi connectivity index (χ3v) is 3.65. The van der Waals surface area contributed by atoms with Crippen LogP contribution in [0.2, 0.25) is 0 Å². The molecule has 136 valence electrons. The van der Waals surface area contributed by atoms with Gasteiger partial charge < -0.3 is 15.2 Å². The molecule has 1 heterocycles. The number of hydrogen-bond donors (Lipinski definition) is 2. The highest BCUT2D eigenvalue weighted by Gasteiger charge is 2.09. The van der Waals surface area contributed by atoms with E-state index in [0.717, 1.165) is 11.3 Å². The van der Waals surface area contributed by atoms with Gasteiger partial charge in [-0.3, -0.25) is 4.79 Å². The number of rotatable bonds is 6. The zero-order valence-electron chi connectivity index (χ0n) is 14.5. The van der Waals surface area contributed by atoms with E-state index in [1.807, 2.05) is 25.1 Å². The van der Waals surface area contributed by atoms with Crippen molar-refractivity contribution in [2.45, 2.75) is 6.92 Å². The van der Waals surface area contributed by atoms with Crippen LogP contribution < -0.4 is 10.1 Å². The highest BCUT2D eigenvalue weighted by molar-refractivity contribution is 6.04. The SMILES string of the molecule is Cc1ccnc(-c2ccc(NC(=O)c3cccc(OCC(=O)O)c3)cc2)n1. The van der Waals surface area contributed by atoms with Gasteiger partial charge in [0, 0.05) is 28.7 Å². The summed E-state index contributed by atoms with van der Waals surface area (Å²) in [6.07, 6.45) is 1.70. The average molecular weight is 363 g/mol. The van der Waals surface area contributed by atoms with E-state index in [1.54, 1.807) is 36.5 Å². The minimum absolute atomic E-state index is 0.317. The van der Waals surface area contributed by atoms with E-state index in [9.17, 15) is 9.59 Å². The standard InChI is InChI=1S/C20H17N3O4/c1-13-9-10-21-19(22-13)14-5-7-16(8-6-14)23-20(26)15-3-2-4-17(11-15)27-12-18(24)25/h2-11H,12H2,1H3,(H,23,26)(H,24,25). The molecular formula is C20H17N3O4. The zero-order chi connectivity index (χ0) is 19.2. The number of carbonyl (C=O) groups excluding carboxylic acids is 1. The second-order valence-electron chi connectivity index (χ2n) is 5.76. The number of aryl methyl sites for hydroxylation is 1. The van der Waals surface area contributed by atoms with Gasteiger partial charge in [0.1, 0.15) is 5.75 Å². The number of carboxylic acids is 1. The quantitative estimate of drug-likeness (QED) is 0.697. The van der Waals surface area contributed by atoms with Gasteiger partial charge in [-0.15, -0.1) is 0 Å². The molecule has 0 fully saturated rings. The molecule has 0 aliphatic heterocycles. The van der Waals surface area contributed by atoms with Crippen molar-refractivity contribution in [1.29, 1.82) is 0 Å². The fourth-order valence-corrected chi connectivity index (χ4v) is 2.37. The van der Waals surface area contributed by atoms with Crippen molar-refractivity contribution in [3.63, 3.8) is 0 Å². The van der Waals surface area contributed by atoms with Gasteiger partial charge in [-0.2, -0.15) is 0 Å². The molecule has 7 heteroatoms. The smallest absolute Gasteiger partial charge is 0.341 e. The Morgan fingerprint density at radius 1 is 1.11 bits per heavy atom. The predicted molar refractivity (Wildman–Crippen MR) is 99.7 cm³/mol. The van der Waals surface area contributed by atoms with Crippen molar-refractivity contribution >= 4 is 17.6 Å². The van der Waals surface area contributed by atoms with Crippen LogP contribution >= 0.6 is 0 Å². The molecule has 2 aromatic carbocycles. The number of amides is 1. The van der Waals surface area contributed by atoms with Crippen LogP contribution in [0.25, 0.3) is 11.4 Å². The third kappa shape index (κ3) is 4.88. The van der Waals surface area contributed by atoms with E-state index >= 15 is 0 Å². The van der Waals surface area contributed by atoms with E-state index < -0.39 is 12.6 Å². The largest absolute Gasteiger partial charge is 0.482 e. The molecule has 0 unspecified atom stereocenters. The van der Waals surface area contributed by atoms with Gasteiger partial charge in [0.15, 0.2) is 12.4 Å². The van der Waals surface area contributed by atoms with E-state index in [0.29, 0.717) is 22.8 Å². The molecule has 0 aliphatic rings. The maximum atomic E-state index is 12.4. The topological polar surface area (TPSA) is 101 Å². The molecule has 0 aliphatic carbocycles. The van der Waals surface area contributed by atoms with Crippen LogP contribution in [0, 0.1) is 6.92 Å². The van der Waals surface area contributed by atoms with Gasteiger partial charge in [-0.1, -0.05) is 6.07 Å². The highest BCUT2D eigenvalue weighted by atomic mass is 16.5. The summed E-state index contributed by atoms with van der Waals surface area (Å²) in [5, 5.41) is 11.4. The number of ether oxygens (including phenoxy) is 1. The number of aliphatic carboxylic acids is 1. The number of anilines is 1. The van der Waals surface area contributed by atoms with Crippen LogP contribution in [0.4, 0.5) is 5.69 Å². The van der Waals surface area contributed by atoms with Gasteiger partial charge in [0.05, 0.1) is 0 Å². The highest BCUT2D eigenvalue weighted by Crippen LogP contribution is 2.19. The van der Waals surface area contributed by atoms with Crippen LogP contribution in [0.3, 0.4) is 0 Å². The normalized spacial score (nSPS) is 10.3. The molecule has 3 rings (SSSR count). The van der Waals surface area contributed by atoms with Gasteiger partial charge in [-0.25, -0.2) is 14.8 Å². The summed E-state index contributed by atoms with van der Waals surface area (Å²) in [6.45, 7) is 1.43. The average Bonchev–Trinajstić information content (AvgIpc) is 2.67. The minimum Gasteiger partial charge on any atom is -0.482 e. The van der Waals surface area contributed by atoms with Gasteiger partial charge >= 0.3 is 5.97 Å². The summed E-state index contributed by atoms with van der Waals surface area (Å²) in [5.41, 5.74) is 2.71. The van der Waals surface area contributed by atoms with Gasteiger partial charge in [0.2, 0.25) is 0 Å². The Morgan fingerprint density at radius 2 is 1.89 bits per heavy atom. The van der Waals surface area contributed by atoms with Crippen LogP contribution in [-0.4, -0.2) is 33.6 Å². The fourth-order valence-electron chi connectivity index (χ4n) is 2.37. The summed E-state index contributed by atoms with van der Waals surface area (Å²) in [7, 11) is 0. The fraction of sp³-hybridized carbons (Fsp3) is 0.100.